The van der Waals surface area contributed by atoms with Crippen LogP contribution in [-0.4, -0.2) is 50.7 Å². The van der Waals surface area contributed by atoms with E-state index in [-0.39, 0.29) is 5.91 Å². The molecule has 0 atom stereocenters. The van der Waals surface area contributed by atoms with Crippen LogP contribution in [0.25, 0.3) is 0 Å². The molecule has 98 valence electrons. The van der Waals surface area contributed by atoms with Crippen molar-refractivity contribution in [2.24, 2.45) is 5.41 Å². The molecule has 4 nitrogen and oxygen atoms in total. The van der Waals surface area contributed by atoms with Gasteiger partial charge in [0.25, 0.3) is 0 Å². The largest absolute Gasteiger partial charge is 0.385 e. The summed E-state index contributed by atoms with van der Waals surface area (Å²) < 4.78 is 5.12. The highest BCUT2D eigenvalue weighted by atomic mass is 16.5. The highest BCUT2D eigenvalue weighted by Crippen LogP contribution is 2.48. The molecule has 0 aromatic carbocycles. The molecule has 1 aliphatic heterocycles. The first kappa shape index (κ1) is 12.8. The second kappa shape index (κ2) is 5.83. The standard InChI is InChI=1S/C13H24N2O2/c1-17-9-6-13(4-5-13)11-14-10-12(16)15-7-2-3-8-15/h14H,2-11H2,1H3. The molecule has 0 spiro atoms. The summed E-state index contributed by atoms with van der Waals surface area (Å²) in [5.74, 6) is 0.269. The lowest BCUT2D eigenvalue weighted by Crippen LogP contribution is -2.38. The molecular formula is C13H24N2O2. The van der Waals surface area contributed by atoms with E-state index in [2.05, 4.69) is 5.32 Å². The van der Waals surface area contributed by atoms with Gasteiger partial charge in [0.1, 0.15) is 0 Å². The van der Waals surface area contributed by atoms with E-state index in [0.717, 1.165) is 32.7 Å². The van der Waals surface area contributed by atoms with E-state index >= 15 is 0 Å². The summed E-state index contributed by atoms with van der Waals surface area (Å²) in [5.41, 5.74) is 0.432. The van der Waals surface area contributed by atoms with E-state index in [1.807, 2.05) is 4.90 Å². The van der Waals surface area contributed by atoms with Gasteiger partial charge in [0.05, 0.1) is 6.54 Å². The number of likely N-dealkylation sites (tertiary alicyclic amines) is 1. The average molecular weight is 240 g/mol. The van der Waals surface area contributed by atoms with Crippen LogP contribution < -0.4 is 5.32 Å². The monoisotopic (exact) mass is 240 g/mol. The first-order valence-electron chi connectivity index (χ1n) is 6.73. The minimum Gasteiger partial charge on any atom is -0.385 e. The number of nitrogens with one attached hydrogen (secondary N) is 1. The summed E-state index contributed by atoms with van der Waals surface area (Å²) in [4.78, 5) is 13.8. The van der Waals surface area contributed by atoms with E-state index in [0.29, 0.717) is 12.0 Å². The van der Waals surface area contributed by atoms with Crippen LogP contribution in [0.1, 0.15) is 32.1 Å². The number of carbonyl (C=O) groups excluding carboxylic acids is 1. The molecule has 1 N–H and O–H groups in total. The van der Waals surface area contributed by atoms with Crippen molar-refractivity contribution in [1.82, 2.24) is 10.2 Å². The predicted octanol–water partition coefficient (Wildman–Crippen LogP) is 1.02. The molecule has 17 heavy (non-hydrogen) atoms. The van der Waals surface area contributed by atoms with Gasteiger partial charge < -0.3 is 15.0 Å². The zero-order chi connectivity index (χ0) is 12.1. The van der Waals surface area contributed by atoms with E-state index in [1.54, 1.807) is 7.11 Å². The number of ether oxygens (including phenoxy) is 1. The van der Waals surface area contributed by atoms with E-state index in [1.165, 1.54) is 25.7 Å². The quantitative estimate of drug-likeness (QED) is 0.722. The van der Waals surface area contributed by atoms with Crippen molar-refractivity contribution in [1.29, 1.82) is 0 Å². The van der Waals surface area contributed by atoms with Crippen LogP contribution in [0.3, 0.4) is 0 Å². The fourth-order valence-electron chi connectivity index (χ4n) is 2.52. The van der Waals surface area contributed by atoms with Crippen LogP contribution in [0.5, 0.6) is 0 Å². The SMILES string of the molecule is COCCC1(CNCC(=O)N2CCCC2)CC1. The third-order valence-electron chi connectivity index (χ3n) is 4.03. The Labute approximate surface area is 104 Å². The Hall–Kier alpha value is -0.610. The lowest BCUT2D eigenvalue weighted by Gasteiger charge is -2.18. The highest BCUT2D eigenvalue weighted by molar-refractivity contribution is 5.78. The Bertz CT molecular complexity index is 258. The molecule has 2 fully saturated rings. The molecule has 0 aromatic heterocycles. The maximum atomic E-state index is 11.8. The number of amides is 1. The number of nitrogens with zero attached hydrogens (tertiary/aromatic N) is 1. The first-order valence-corrected chi connectivity index (χ1v) is 6.73. The van der Waals surface area contributed by atoms with Crippen LogP contribution >= 0.6 is 0 Å². The van der Waals surface area contributed by atoms with Crippen molar-refractivity contribution in [2.75, 3.05) is 39.9 Å². The molecule has 0 aromatic rings. The molecule has 1 saturated carbocycles. The zero-order valence-electron chi connectivity index (χ0n) is 10.8. The lowest BCUT2D eigenvalue weighted by atomic mass is 10.0. The fourth-order valence-corrected chi connectivity index (χ4v) is 2.52. The molecule has 1 aliphatic carbocycles. The van der Waals surface area contributed by atoms with E-state index in [4.69, 9.17) is 4.74 Å². The van der Waals surface area contributed by atoms with Gasteiger partial charge in [-0.25, -0.2) is 0 Å². The van der Waals surface area contributed by atoms with Gasteiger partial charge in [0.2, 0.25) is 5.91 Å². The molecule has 0 bridgehead atoms. The van der Waals surface area contributed by atoms with Crippen molar-refractivity contribution >= 4 is 5.91 Å². The summed E-state index contributed by atoms with van der Waals surface area (Å²) in [5, 5.41) is 3.33. The van der Waals surface area contributed by atoms with Crippen LogP contribution in [-0.2, 0) is 9.53 Å². The van der Waals surface area contributed by atoms with Crippen LogP contribution in [0, 0.1) is 5.41 Å². The number of carbonyl (C=O) groups is 1. The molecule has 0 radical (unpaired) electrons. The second-order valence-corrected chi connectivity index (χ2v) is 5.43. The van der Waals surface area contributed by atoms with Gasteiger partial charge in [-0.05, 0) is 37.5 Å². The maximum absolute atomic E-state index is 11.8. The van der Waals surface area contributed by atoms with Crippen molar-refractivity contribution < 1.29 is 9.53 Å². The Kier molecular flexibility index (Phi) is 4.40. The molecule has 2 aliphatic rings. The number of hydrogen-bond donors (Lipinski definition) is 1. The molecule has 1 heterocycles. The third kappa shape index (κ3) is 3.68. The molecule has 1 amide bonds. The van der Waals surface area contributed by atoms with Crippen molar-refractivity contribution in [2.45, 2.75) is 32.1 Å². The molecule has 1 saturated heterocycles. The molecule has 4 heteroatoms. The van der Waals surface area contributed by atoms with Gasteiger partial charge in [-0.2, -0.15) is 0 Å². The molecular weight excluding hydrogens is 216 g/mol. The topological polar surface area (TPSA) is 41.6 Å². The van der Waals surface area contributed by atoms with Crippen LogP contribution in [0.4, 0.5) is 0 Å². The number of hydrogen-bond acceptors (Lipinski definition) is 3. The minimum absolute atomic E-state index is 0.269. The smallest absolute Gasteiger partial charge is 0.236 e. The van der Waals surface area contributed by atoms with Gasteiger partial charge in [-0.1, -0.05) is 0 Å². The van der Waals surface area contributed by atoms with Gasteiger partial charge >= 0.3 is 0 Å². The Morgan fingerprint density at radius 2 is 2.06 bits per heavy atom. The minimum atomic E-state index is 0.269. The van der Waals surface area contributed by atoms with Gasteiger partial charge in [0, 0.05) is 33.4 Å². The van der Waals surface area contributed by atoms with Gasteiger partial charge in [-0.15, -0.1) is 0 Å². The van der Waals surface area contributed by atoms with Crippen molar-refractivity contribution in [3.8, 4) is 0 Å². The Balaban J connectivity index is 1.60. The summed E-state index contributed by atoms with van der Waals surface area (Å²) in [7, 11) is 1.75. The molecule has 0 unspecified atom stereocenters. The highest BCUT2D eigenvalue weighted by Gasteiger charge is 2.41. The van der Waals surface area contributed by atoms with Crippen LogP contribution in [0.15, 0.2) is 0 Å². The van der Waals surface area contributed by atoms with E-state index in [9.17, 15) is 4.79 Å². The third-order valence-corrected chi connectivity index (χ3v) is 4.03. The summed E-state index contributed by atoms with van der Waals surface area (Å²) in [6.07, 6.45) is 6.02. The van der Waals surface area contributed by atoms with Crippen molar-refractivity contribution in [3.05, 3.63) is 0 Å². The van der Waals surface area contributed by atoms with Crippen LogP contribution in [0.2, 0.25) is 0 Å². The Morgan fingerprint density at radius 3 is 2.65 bits per heavy atom. The first-order chi connectivity index (χ1) is 8.26. The summed E-state index contributed by atoms with van der Waals surface area (Å²) in [6, 6.07) is 0. The lowest BCUT2D eigenvalue weighted by molar-refractivity contribution is -0.129. The van der Waals surface area contributed by atoms with Gasteiger partial charge in [-0.3, -0.25) is 4.79 Å². The van der Waals surface area contributed by atoms with Gasteiger partial charge in [0.15, 0.2) is 0 Å². The van der Waals surface area contributed by atoms with Crippen molar-refractivity contribution in [3.63, 3.8) is 0 Å². The average Bonchev–Trinajstić information content (AvgIpc) is 2.89. The Morgan fingerprint density at radius 1 is 1.35 bits per heavy atom. The van der Waals surface area contributed by atoms with E-state index < -0.39 is 0 Å². The normalized spacial score (nSPS) is 21.8. The molecule has 2 rings (SSSR count). The zero-order valence-corrected chi connectivity index (χ0v) is 10.8. The maximum Gasteiger partial charge on any atom is 0.236 e. The fraction of sp³-hybridized carbons (Fsp3) is 0.923. The predicted molar refractivity (Wildman–Crippen MR) is 66.8 cm³/mol. The number of methoxy groups -OCH3 is 1. The number of rotatable bonds is 7. The summed E-state index contributed by atoms with van der Waals surface area (Å²) >= 11 is 0. The second-order valence-electron chi connectivity index (χ2n) is 5.43. The summed E-state index contributed by atoms with van der Waals surface area (Å²) in [6.45, 7) is 4.22.